The molecule has 0 bridgehead atoms. The van der Waals surface area contributed by atoms with Crippen LogP contribution in [0.3, 0.4) is 0 Å². The molecule has 0 saturated carbocycles. The first kappa shape index (κ1) is 16.0. The van der Waals surface area contributed by atoms with Gasteiger partial charge in [0.1, 0.15) is 0 Å². The minimum Gasteiger partial charge on any atom is -0.320 e. The second-order valence-corrected chi connectivity index (χ2v) is 6.78. The zero-order valence-corrected chi connectivity index (χ0v) is 13.0. The number of nitrogens with one attached hydrogen (secondary N) is 1. The Morgan fingerprint density at radius 1 is 1.29 bits per heavy atom. The molecule has 114 valence electrons. The highest BCUT2D eigenvalue weighted by Gasteiger charge is 2.22. The maximum Gasteiger partial charge on any atom is 0.254 e. The second-order valence-electron chi connectivity index (χ2n) is 5.15. The van der Waals surface area contributed by atoms with Crippen LogP contribution in [-0.2, 0) is 10.0 Å². The molecule has 3 N–H and O–H groups in total. The lowest BCUT2D eigenvalue weighted by Gasteiger charge is -2.26. The molecule has 0 unspecified atom stereocenters. The van der Waals surface area contributed by atoms with Gasteiger partial charge in [-0.25, -0.2) is 13.4 Å². The van der Waals surface area contributed by atoms with Gasteiger partial charge >= 0.3 is 0 Å². The average Bonchev–Trinajstić information content (AvgIpc) is 2.45. The summed E-state index contributed by atoms with van der Waals surface area (Å²) in [5.41, 5.74) is 6.83. The normalized spacial score (nSPS) is 16.3. The van der Waals surface area contributed by atoms with Crippen LogP contribution < -0.4 is 10.6 Å². The molecule has 0 atom stereocenters. The first-order valence-electron chi connectivity index (χ1n) is 7.10. The summed E-state index contributed by atoms with van der Waals surface area (Å²) in [6.45, 7) is 3.60. The minimum atomic E-state index is -3.61. The Hall–Kier alpha value is -1.39. The van der Waals surface area contributed by atoms with Crippen molar-refractivity contribution in [3.8, 4) is 11.8 Å². The molecule has 1 aromatic carbocycles. The molecule has 1 aliphatic rings. The molecular formula is C15H21N3O2S. The van der Waals surface area contributed by atoms with Crippen molar-refractivity contribution < 1.29 is 8.42 Å². The van der Waals surface area contributed by atoms with E-state index >= 15 is 0 Å². The van der Waals surface area contributed by atoms with E-state index in [1.54, 1.807) is 23.2 Å². The second kappa shape index (κ2) is 7.05. The van der Waals surface area contributed by atoms with E-state index in [0.29, 0.717) is 5.56 Å². The third-order valence-corrected chi connectivity index (χ3v) is 4.79. The molecule has 1 saturated heterocycles. The highest BCUT2D eigenvalue weighted by Crippen LogP contribution is 2.18. The van der Waals surface area contributed by atoms with Crippen LogP contribution in [0, 0.1) is 18.8 Å². The number of nitrogens with zero attached hydrogens (tertiary/aromatic N) is 1. The van der Waals surface area contributed by atoms with Crippen LogP contribution in [-0.4, -0.2) is 33.1 Å². The van der Waals surface area contributed by atoms with Crippen molar-refractivity contribution >= 4 is 10.0 Å². The summed E-state index contributed by atoms with van der Waals surface area (Å²) in [6, 6.07) is 5.15. The Balaban J connectivity index is 2.30. The van der Waals surface area contributed by atoms with Crippen LogP contribution in [0.5, 0.6) is 0 Å². The third kappa shape index (κ3) is 4.29. The lowest BCUT2D eigenvalue weighted by Crippen LogP contribution is -2.45. The molecular weight excluding hydrogens is 286 g/mol. The van der Waals surface area contributed by atoms with Gasteiger partial charge in [0.15, 0.2) is 0 Å². The largest absolute Gasteiger partial charge is 0.320 e. The van der Waals surface area contributed by atoms with E-state index in [0.717, 1.165) is 37.9 Å². The lowest BCUT2D eigenvalue weighted by atomic mass is 10.1. The van der Waals surface area contributed by atoms with Crippen molar-refractivity contribution in [1.29, 1.82) is 0 Å². The number of piperidine rings is 1. The van der Waals surface area contributed by atoms with Gasteiger partial charge in [0.25, 0.3) is 10.0 Å². The maximum atomic E-state index is 12.5. The topological polar surface area (TPSA) is 75.4 Å². The Kier molecular flexibility index (Phi) is 5.37. The number of hydrogen-bond donors (Lipinski definition) is 2. The smallest absolute Gasteiger partial charge is 0.254 e. The van der Waals surface area contributed by atoms with Crippen molar-refractivity contribution in [3.05, 3.63) is 29.3 Å². The molecule has 5 nitrogen and oxygen atoms in total. The highest BCUT2D eigenvalue weighted by atomic mass is 32.2. The quantitative estimate of drug-likeness (QED) is 0.817. The molecule has 0 aromatic heterocycles. The fraction of sp³-hybridized carbons (Fsp3) is 0.467. The molecule has 1 heterocycles. The predicted octanol–water partition coefficient (Wildman–Crippen LogP) is 0.984. The average molecular weight is 307 g/mol. The van der Waals surface area contributed by atoms with Crippen molar-refractivity contribution in [2.24, 2.45) is 5.73 Å². The number of nitrogens with two attached hydrogens (primary N) is 1. The molecule has 0 amide bonds. The van der Waals surface area contributed by atoms with Crippen LogP contribution >= 0.6 is 0 Å². The number of hydrazine groups is 1. The molecule has 1 fully saturated rings. The highest BCUT2D eigenvalue weighted by molar-refractivity contribution is 7.89. The summed E-state index contributed by atoms with van der Waals surface area (Å²) in [4.78, 5) is 2.86. The number of rotatable bonds is 3. The summed E-state index contributed by atoms with van der Waals surface area (Å²) in [6.07, 6.45) is 3.17. The first-order chi connectivity index (χ1) is 10.0. The van der Waals surface area contributed by atoms with Crippen LogP contribution in [0.15, 0.2) is 23.1 Å². The summed E-state index contributed by atoms with van der Waals surface area (Å²) < 4.78 is 25.1. The number of aryl methyl sites for hydroxylation is 1. The third-order valence-electron chi connectivity index (χ3n) is 3.36. The SMILES string of the molecule is Cc1ccc(S(=O)(=O)NN2CCCCC2)c(C#CCN)c1. The molecule has 0 aliphatic carbocycles. The van der Waals surface area contributed by atoms with Crippen molar-refractivity contribution in [2.75, 3.05) is 19.6 Å². The first-order valence-corrected chi connectivity index (χ1v) is 8.58. The molecule has 6 heteroatoms. The Morgan fingerprint density at radius 3 is 2.67 bits per heavy atom. The van der Waals surface area contributed by atoms with Crippen LogP contribution in [0.4, 0.5) is 0 Å². The summed E-state index contributed by atoms with van der Waals surface area (Å²) >= 11 is 0. The number of benzene rings is 1. The Morgan fingerprint density at radius 2 is 2.00 bits per heavy atom. The zero-order valence-electron chi connectivity index (χ0n) is 12.2. The standard InChI is InChI=1S/C15H21N3O2S/c1-13-7-8-15(14(12-13)6-5-9-16)21(19,20)17-18-10-3-2-4-11-18/h7-8,12,17H,2-4,9-11,16H2,1H3. The fourth-order valence-corrected chi connectivity index (χ4v) is 3.59. The molecule has 21 heavy (non-hydrogen) atoms. The van der Waals surface area contributed by atoms with Gasteiger partial charge in [0, 0.05) is 18.7 Å². The number of hydrogen-bond acceptors (Lipinski definition) is 4. The van der Waals surface area contributed by atoms with Crippen molar-refractivity contribution in [2.45, 2.75) is 31.1 Å². The summed E-state index contributed by atoms with van der Waals surface area (Å²) in [5, 5.41) is 1.76. The van der Waals surface area contributed by atoms with E-state index in [1.165, 1.54) is 0 Å². The van der Waals surface area contributed by atoms with Crippen LogP contribution in [0.2, 0.25) is 0 Å². The van der Waals surface area contributed by atoms with Crippen molar-refractivity contribution in [1.82, 2.24) is 9.84 Å². The summed E-state index contributed by atoms with van der Waals surface area (Å²) in [5.74, 6) is 5.56. The van der Waals surface area contributed by atoms with Gasteiger partial charge < -0.3 is 5.73 Å². The van der Waals surface area contributed by atoms with Gasteiger partial charge in [0.05, 0.1) is 11.4 Å². The molecule has 1 aromatic rings. The lowest BCUT2D eigenvalue weighted by molar-refractivity contribution is 0.200. The maximum absolute atomic E-state index is 12.5. The predicted molar refractivity (Wildman–Crippen MR) is 82.9 cm³/mol. The van der Waals surface area contributed by atoms with E-state index in [1.807, 2.05) is 6.92 Å². The zero-order chi connectivity index (χ0) is 15.3. The van der Waals surface area contributed by atoms with E-state index in [-0.39, 0.29) is 11.4 Å². The van der Waals surface area contributed by atoms with E-state index in [9.17, 15) is 8.42 Å². The molecule has 2 rings (SSSR count). The molecule has 0 radical (unpaired) electrons. The minimum absolute atomic E-state index is 0.201. The van der Waals surface area contributed by atoms with Gasteiger partial charge in [-0.05, 0) is 37.5 Å². The monoisotopic (exact) mass is 307 g/mol. The van der Waals surface area contributed by atoms with Crippen molar-refractivity contribution in [3.63, 3.8) is 0 Å². The van der Waals surface area contributed by atoms with Gasteiger partial charge in [-0.1, -0.05) is 24.3 Å². The van der Waals surface area contributed by atoms with Gasteiger partial charge in [0.2, 0.25) is 0 Å². The van der Waals surface area contributed by atoms with Gasteiger partial charge in [-0.15, -0.1) is 4.83 Å². The Bertz CT molecular complexity index is 653. The van der Waals surface area contributed by atoms with Gasteiger partial charge in [-0.3, -0.25) is 0 Å². The van der Waals surface area contributed by atoms with E-state index in [2.05, 4.69) is 16.7 Å². The number of sulfonamides is 1. The van der Waals surface area contributed by atoms with E-state index in [4.69, 9.17) is 5.73 Å². The fourth-order valence-electron chi connectivity index (χ4n) is 2.33. The van der Waals surface area contributed by atoms with E-state index < -0.39 is 10.0 Å². The summed E-state index contributed by atoms with van der Waals surface area (Å²) in [7, 11) is -3.61. The van der Waals surface area contributed by atoms with Gasteiger partial charge in [-0.2, -0.15) is 0 Å². The van der Waals surface area contributed by atoms with Crippen LogP contribution in [0.25, 0.3) is 0 Å². The molecule has 0 spiro atoms. The Labute approximate surface area is 126 Å². The molecule has 1 aliphatic heterocycles. The van der Waals surface area contributed by atoms with Crippen LogP contribution in [0.1, 0.15) is 30.4 Å².